The average Bonchev–Trinajstić information content (AvgIpc) is 3.20. The van der Waals surface area contributed by atoms with E-state index in [0.717, 1.165) is 12.1 Å². The maximum atomic E-state index is 11.8. The van der Waals surface area contributed by atoms with E-state index in [1.165, 1.54) is 42.8 Å². The third kappa shape index (κ3) is 4.02. The Kier molecular flexibility index (Phi) is 4.97. The molecule has 0 spiro atoms. The zero-order chi connectivity index (χ0) is 15.2. The predicted octanol–water partition coefficient (Wildman–Crippen LogP) is 2.46. The minimum atomic E-state index is -0.257. The van der Waals surface area contributed by atoms with Crippen LogP contribution in [0, 0.1) is 0 Å². The van der Waals surface area contributed by atoms with Gasteiger partial charge in [-0.25, -0.2) is 4.79 Å². The third-order valence-corrected chi connectivity index (χ3v) is 4.34. The number of aromatic nitrogens is 2. The molecule has 116 valence electrons. The smallest absolute Gasteiger partial charge is 0.321 e. The van der Waals surface area contributed by atoms with E-state index in [1.807, 2.05) is 6.07 Å². The lowest BCUT2D eigenvalue weighted by Gasteiger charge is -2.17. The molecule has 0 aliphatic carbocycles. The van der Waals surface area contributed by atoms with Gasteiger partial charge in [0.1, 0.15) is 5.51 Å². The zero-order valence-corrected chi connectivity index (χ0v) is 13.1. The highest BCUT2D eigenvalue weighted by Gasteiger charge is 2.13. The maximum Gasteiger partial charge on any atom is 0.321 e. The van der Waals surface area contributed by atoms with Gasteiger partial charge in [0.15, 0.2) is 0 Å². The average molecular weight is 317 g/mol. The number of carbonyl (C=O) groups excluding carboxylic acids is 1. The first-order chi connectivity index (χ1) is 10.8. The Morgan fingerprint density at radius 1 is 1.23 bits per heavy atom. The standard InChI is InChI=1S/C15H19N5OS/c21-14(18-15-19-17-11-22-15)16-9-12-5-1-2-6-13(12)10-20-7-3-4-8-20/h1-2,5-6,11H,3-4,7-10H2,(H2,16,18,19,21). The van der Waals surface area contributed by atoms with Crippen LogP contribution in [0.3, 0.4) is 0 Å². The number of anilines is 1. The van der Waals surface area contributed by atoms with E-state index in [4.69, 9.17) is 0 Å². The summed E-state index contributed by atoms with van der Waals surface area (Å²) in [6.45, 7) is 3.79. The summed E-state index contributed by atoms with van der Waals surface area (Å²) in [5, 5.41) is 13.5. The molecule has 0 radical (unpaired) electrons. The van der Waals surface area contributed by atoms with Crippen molar-refractivity contribution in [2.24, 2.45) is 0 Å². The van der Waals surface area contributed by atoms with E-state index in [0.29, 0.717) is 11.7 Å². The second kappa shape index (κ2) is 7.33. The van der Waals surface area contributed by atoms with Crippen LogP contribution in [0.25, 0.3) is 0 Å². The molecule has 7 heteroatoms. The number of hydrogen-bond acceptors (Lipinski definition) is 5. The third-order valence-electron chi connectivity index (χ3n) is 3.73. The fourth-order valence-corrected chi connectivity index (χ4v) is 3.05. The highest BCUT2D eigenvalue weighted by atomic mass is 32.1. The number of carbonyl (C=O) groups is 1. The van der Waals surface area contributed by atoms with Crippen LogP contribution in [0.5, 0.6) is 0 Å². The number of benzene rings is 1. The lowest BCUT2D eigenvalue weighted by Crippen LogP contribution is -2.29. The first-order valence-electron chi connectivity index (χ1n) is 7.41. The van der Waals surface area contributed by atoms with Gasteiger partial charge in [0, 0.05) is 13.1 Å². The van der Waals surface area contributed by atoms with E-state index >= 15 is 0 Å². The monoisotopic (exact) mass is 317 g/mol. The zero-order valence-electron chi connectivity index (χ0n) is 12.3. The van der Waals surface area contributed by atoms with Crippen molar-refractivity contribution in [2.45, 2.75) is 25.9 Å². The first kappa shape index (κ1) is 14.9. The Morgan fingerprint density at radius 2 is 2.00 bits per heavy atom. The molecule has 1 aliphatic rings. The van der Waals surface area contributed by atoms with E-state index < -0.39 is 0 Å². The fourth-order valence-electron chi connectivity index (χ4n) is 2.61. The van der Waals surface area contributed by atoms with Gasteiger partial charge in [-0.2, -0.15) is 0 Å². The van der Waals surface area contributed by atoms with E-state index in [-0.39, 0.29) is 6.03 Å². The van der Waals surface area contributed by atoms with Gasteiger partial charge in [-0.1, -0.05) is 35.6 Å². The Hall–Kier alpha value is -1.99. The molecule has 2 amide bonds. The summed E-state index contributed by atoms with van der Waals surface area (Å²) in [4.78, 5) is 14.3. The summed E-state index contributed by atoms with van der Waals surface area (Å²) in [6.07, 6.45) is 2.56. The summed E-state index contributed by atoms with van der Waals surface area (Å²) >= 11 is 1.30. The van der Waals surface area contributed by atoms with Crippen LogP contribution < -0.4 is 10.6 Å². The molecular formula is C15H19N5OS. The Balaban J connectivity index is 1.56. The van der Waals surface area contributed by atoms with Crippen LogP contribution in [0.4, 0.5) is 9.93 Å². The van der Waals surface area contributed by atoms with Crippen molar-refractivity contribution >= 4 is 22.5 Å². The van der Waals surface area contributed by atoms with Gasteiger partial charge in [-0.15, -0.1) is 10.2 Å². The van der Waals surface area contributed by atoms with Gasteiger partial charge in [0.05, 0.1) is 0 Å². The molecule has 0 bridgehead atoms. The van der Waals surface area contributed by atoms with Gasteiger partial charge in [-0.05, 0) is 37.1 Å². The highest BCUT2D eigenvalue weighted by molar-refractivity contribution is 7.13. The molecule has 0 atom stereocenters. The van der Waals surface area contributed by atoms with E-state index in [1.54, 1.807) is 5.51 Å². The quantitative estimate of drug-likeness (QED) is 0.889. The minimum absolute atomic E-state index is 0.257. The first-order valence-corrected chi connectivity index (χ1v) is 8.29. The molecule has 22 heavy (non-hydrogen) atoms. The molecular weight excluding hydrogens is 298 g/mol. The van der Waals surface area contributed by atoms with Crippen LogP contribution >= 0.6 is 11.3 Å². The Bertz CT molecular complexity index is 610. The molecule has 2 heterocycles. The Morgan fingerprint density at radius 3 is 2.73 bits per heavy atom. The summed E-state index contributed by atoms with van der Waals surface area (Å²) in [6, 6.07) is 8.01. The van der Waals surface area contributed by atoms with Gasteiger partial charge >= 0.3 is 6.03 Å². The molecule has 1 aromatic heterocycles. The van der Waals surface area contributed by atoms with Gasteiger partial charge < -0.3 is 5.32 Å². The number of amides is 2. The Labute approximate surface area is 133 Å². The lowest BCUT2D eigenvalue weighted by molar-refractivity contribution is 0.251. The number of hydrogen-bond donors (Lipinski definition) is 2. The SMILES string of the molecule is O=C(NCc1ccccc1CN1CCCC1)Nc1nncs1. The van der Waals surface area contributed by atoms with Crippen LogP contribution in [0.2, 0.25) is 0 Å². The molecule has 1 aliphatic heterocycles. The van der Waals surface area contributed by atoms with Crippen LogP contribution in [0.15, 0.2) is 29.8 Å². The van der Waals surface area contributed by atoms with Crippen molar-refractivity contribution in [3.63, 3.8) is 0 Å². The normalized spacial score (nSPS) is 14.9. The topological polar surface area (TPSA) is 70.2 Å². The maximum absolute atomic E-state index is 11.8. The number of nitrogens with zero attached hydrogens (tertiary/aromatic N) is 3. The highest BCUT2D eigenvalue weighted by Crippen LogP contribution is 2.16. The summed E-state index contributed by atoms with van der Waals surface area (Å²) < 4.78 is 0. The summed E-state index contributed by atoms with van der Waals surface area (Å²) in [7, 11) is 0. The molecule has 1 aromatic carbocycles. The van der Waals surface area contributed by atoms with Crippen LogP contribution in [0.1, 0.15) is 24.0 Å². The van der Waals surface area contributed by atoms with Gasteiger partial charge in [0.25, 0.3) is 0 Å². The van der Waals surface area contributed by atoms with Crippen molar-refractivity contribution < 1.29 is 4.79 Å². The number of likely N-dealkylation sites (tertiary alicyclic amines) is 1. The molecule has 3 rings (SSSR count). The van der Waals surface area contributed by atoms with Crippen molar-refractivity contribution in [2.75, 3.05) is 18.4 Å². The van der Waals surface area contributed by atoms with Crippen LogP contribution in [-0.4, -0.2) is 34.2 Å². The fraction of sp³-hybridized carbons (Fsp3) is 0.400. The molecule has 1 saturated heterocycles. The molecule has 0 saturated carbocycles. The molecule has 2 aromatic rings. The van der Waals surface area contributed by atoms with Gasteiger partial charge in [0.2, 0.25) is 5.13 Å². The summed E-state index contributed by atoms with van der Waals surface area (Å²) in [5.41, 5.74) is 4.02. The van der Waals surface area contributed by atoms with Crippen molar-refractivity contribution in [3.8, 4) is 0 Å². The largest absolute Gasteiger partial charge is 0.334 e. The second-order valence-electron chi connectivity index (χ2n) is 5.30. The molecule has 1 fully saturated rings. The van der Waals surface area contributed by atoms with Crippen molar-refractivity contribution in [1.82, 2.24) is 20.4 Å². The molecule has 2 N–H and O–H groups in total. The molecule has 0 unspecified atom stereocenters. The van der Waals surface area contributed by atoms with Crippen LogP contribution in [-0.2, 0) is 13.1 Å². The number of rotatable bonds is 5. The van der Waals surface area contributed by atoms with Crippen molar-refractivity contribution in [3.05, 3.63) is 40.9 Å². The van der Waals surface area contributed by atoms with E-state index in [2.05, 4.69) is 43.9 Å². The number of urea groups is 1. The lowest BCUT2D eigenvalue weighted by atomic mass is 10.1. The van der Waals surface area contributed by atoms with Crippen molar-refractivity contribution in [1.29, 1.82) is 0 Å². The van der Waals surface area contributed by atoms with E-state index in [9.17, 15) is 4.79 Å². The second-order valence-corrected chi connectivity index (χ2v) is 6.14. The number of nitrogens with one attached hydrogen (secondary N) is 2. The molecule has 6 nitrogen and oxygen atoms in total. The predicted molar refractivity (Wildman–Crippen MR) is 86.7 cm³/mol. The minimum Gasteiger partial charge on any atom is -0.334 e. The van der Waals surface area contributed by atoms with Gasteiger partial charge in [-0.3, -0.25) is 10.2 Å². The summed E-state index contributed by atoms with van der Waals surface area (Å²) in [5.74, 6) is 0.